The highest BCUT2D eigenvalue weighted by Gasteiger charge is 2.33. The fourth-order valence-electron chi connectivity index (χ4n) is 4.17. The molecule has 2 aliphatic rings. The van der Waals surface area contributed by atoms with Gasteiger partial charge >= 0.3 is 6.09 Å². The number of nitrogens with zero attached hydrogens (tertiary/aromatic N) is 2. The summed E-state index contributed by atoms with van der Waals surface area (Å²) < 4.78 is 5.39. The zero-order valence-electron chi connectivity index (χ0n) is 17.0. The van der Waals surface area contributed by atoms with Crippen LogP contribution in [-0.2, 0) is 16.0 Å². The summed E-state index contributed by atoms with van der Waals surface area (Å²) in [6, 6.07) is 16.6. The number of benzene rings is 2. The first kappa shape index (κ1) is 20.9. The van der Waals surface area contributed by atoms with Gasteiger partial charge in [-0.25, -0.2) is 4.79 Å². The van der Waals surface area contributed by atoms with Crippen LogP contribution >= 0.6 is 12.4 Å². The van der Waals surface area contributed by atoms with E-state index >= 15 is 0 Å². The van der Waals surface area contributed by atoms with E-state index < -0.39 is 0 Å². The Kier molecular flexibility index (Phi) is 5.65. The molecule has 1 N–H and O–H groups in total. The van der Waals surface area contributed by atoms with E-state index in [1.165, 1.54) is 29.2 Å². The molecular formula is C24H22ClN3O3. The van der Waals surface area contributed by atoms with E-state index in [0.29, 0.717) is 13.1 Å². The molecular weight excluding hydrogens is 414 g/mol. The van der Waals surface area contributed by atoms with Crippen molar-refractivity contribution in [2.45, 2.75) is 19.4 Å². The zero-order valence-corrected chi connectivity index (χ0v) is 17.8. The fourth-order valence-corrected chi connectivity index (χ4v) is 4.17. The van der Waals surface area contributed by atoms with Crippen LogP contribution in [0.4, 0.5) is 10.5 Å². The average molecular weight is 436 g/mol. The maximum absolute atomic E-state index is 12.3. The van der Waals surface area contributed by atoms with Crippen LogP contribution in [0.3, 0.4) is 0 Å². The number of carbonyl (C=O) groups excluding carboxylic acids is 2. The number of aromatic nitrogens is 1. The highest BCUT2D eigenvalue weighted by molar-refractivity contribution is 5.91. The molecule has 0 spiro atoms. The summed E-state index contributed by atoms with van der Waals surface area (Å²) in [5, 5.41) is 2.71. The van der Waals surface area contributed by atoms with Crippen molar-refractivity contribution in [3.8, 4) is 22.3 Å². The molecule has 0 bridgehead atoms. The Labute approximate surface area is 186 Å². The van der Waals surface area contributed by atoms with Crippen molar-refractivity contribution in [2.75, 3.05) is 18.0 Å². The monoisotopic (exact) mass is 435 g/mol. The molecule has 0 unspecified atom stereocenters. The maximum atomic E-state index is 12.3. The van der Waals surface area contributed by atoms with E-state index in [1.807, 2.05) is 18.3 Å². The van der Waals surface area contributed by atoms with Gasteiger partial charge in [0.15, 0.2) is 0 Å². The molecule has 2 heterocycles. The molecule has 1 fully saturated rings. The molecule has 1 saturated heterocycles. The van der Waals surface area contributed by atoms with Crippen molar-refractivity contribution >= 4 is 30.1 Å². The lowest BCUT2D eigenvalue weighted by Crippen LogP contribution is -2.33. The van der Waals surface area contributed by atoms with Crippen LogP contribution in [0, 0.1) is 0 Å². The van der Waals surface area contributed by atoms with Gasteiger partial charge in [0, 0.05) is 25.0 Å². The number of rotatable bonds is 4. The number of anilines is 1. The largest absolute Gasteiger partial charge is 0.442 e. The van der Waals surface area contributed by atoms with Gasteiger partial charge < -0.3 is 10.1 Å². The van der Waals surface area contributed by atoms with Crippen molar-refractivity contribution in [2.24, 2.45) is 0 Å². The van der Waals surface area contributed by atoms with Crippen molar-refractivity contribution in [3.63, 3.8) is 0 Å². The molecule has 158 valence electrons. The molecule has 31 heavy (non-hydrogen) atoms. The molecule has 1 aliphatic carbocycles. The Morgan fingerprint density at radius 3 is 2.65 bits per heavy atom. The van der Waals surface area contributed by atoms with Crippen LogP contribution in [0.2, 0.25) is 0 Å². The van der Waals surface area contributed by atoms with Crippen LogP contribution < -0.4 is 10.2 Å². The molecule has 3 aromatic rings. The van der Waals surface area contributed by atoms with E-state index in [-0.39, 0.29) is 30.5 Å². The molecule has 1 atom stereocenters. The molecule has 1 aliphatic heterocycles. The number of fused-ring (bicyclic) bond motifs is 3. The number of halogens is 1. The lowest BCUT2D eigenvalue weighted by atomic mass is 10.0. The summed E-state index contributed by atoms with van der Waals surface area (Å²) in [7, 11) is 0. The van der Waals surface area contributed by atoms with Gasteiger partial charge in [0.05, 0.1) is 13.1 Å². The molecule has 5 rings (SSSR count). The lowest BCUT2D eigenvalue weighted by molar-refractivity contribution is -0.119. The van der Waals surface area contributed by atoms with Crippen LogP contribution in [0.25, 0.3) is 22.3 Å². The first-order valence-corrected chi connectivity index (χ1v) is 9.98. The minimum atomic E-state index is -0.375. The normalized spacial score (nSPS) is 16.2. The molecule has 1 aromatic heterocycles. The van der Waals surface area contributed by atoms with Gasteiger partial charge in [-0.1, -0.05) is 30.3 Å². The first-order valence-electron chi connectivity index (χ1n) is 9.98. The van der Waals surface area contributed by atoms with E-state index in [4.69, 9.17) is 4.74 Å². The Morgan fingerprint density at radius 2 is 1.90 bits per heavy atom. The number of nitrogens with one attached hydrogen (secondary N) is 1. The summed E-state index contributed by atoms with van der Waals surface area (Å²) in [5.41, 5.74) is 7.98. The summed E-state index contributed by atoms with van der Waals surface area (Å²) in [4.78, 5) is 29.3. The van der Waals surface area contributed by atoms with Crippen LogP contribution in [0.1, 0.15) is 18.1 Å². The molecule has 7 heteroatoms. The minimum absolute atomic E-state index is 0. The zero-order chi connectivity index (χ0) is 20.7. The van der Waals surface area contributed by atoms with Crippen molar-refractivity contribution in [1.82, 2.24) is 10.3 Å². The Hall–Kier alpha value is -3.38. The smallest absolute Gasteiger partial charge is 0.414 e. The summed E-state index contributed by atoms with van der Waals surface area (Å²) in [6.07, 6.45) is 3.76. The summed E-state index contributed by atoms with van der Waals surface area (Å²) in [6.45, 7) is 2.20. The topological polar surface area (TPSA) is 71.5 Å². The number of hydrogen-bond acceptors (Lipinski definition) is 4. The number of amides is 2. The number of carbonyl (C=O) groups is 2. The molecule has 0 radical (unpaired) electrons. The Bertz CT molecular complexity index is 1150. The highest BCUT2D eigenvalue weighted by atomic mass is 35.5. The van der Waals surface area contributed by atoms with Gasteiger partial charge in [-0.3, -0.25) is 14.7 Å². The van der Waals surface area contributed by atoms with E-state index in [1.54, 1.807) is 11.1 Å². The van der Waals surface area contributed by atoms with Crippen LogP contribution in [-0.4, -0.2) is 36.2 Å². The second kappa shape index (κ2) is 8.40. The van der Waals surface area contributed by atoms with Crippen LogP contribution in [0.15, 0.2) is 60.9 Å². The predicted molar refractivity (Wildman–Crippen MR) is 121 cm³/mol. The molecule has 6 nitrogen and oxygen atoms in total. The van der Waals surface area contributed by atoms with Gasteiger partial charge in [0.25, 0.3) is 0 Å². The molecule has 2 aromatic carbocycles. The van der Waals surface area contributed by atoms with Gasteiger partial charge in [-0.05, 0) is 58.0 Å². The van der Waals surface area contributed by atoms with Gasteiger partial charge in [-0.15, -0.1) is 12.4 Å². The highest BCUT2D eigenvalue weighted by Crippen LogP contribution is 2.40. The first-order chi connectivity index (χ1) is 14.6. The quantitative estimate of drug-likeness (QED) is 0.521. The number of ether oxygens (including phenoxy) is 1. The van der Waals surface area contributed by atoms with E-state index in [9.17, 15) is 9.59 Å². The number of pyridine rings is 1. The SMILES string of the molecule is CC(=O)NC[C@H]1CN(c2ccc3c(c2)Cc2cc(-c4cccnc4)ccc2-3)C(=O)O1.Cl. The van der Waals surface area contributed by atoms with Crippen molar-refractivity contribution < 1.29 is 14.3 Å². The third kappa shape index (κ3) is 3.99. The van der Waals surface area contributed by atoms with Gasteiger partial charge in [-0.2, -0.15) is 0 Å². The summed E-state index contributed by atoms with van der Waals surface area (Å²) in [5.74, 6) is -0.134. The minimum Gasteiger partial charge on any atom is -0.442 e. The number of hydrogen-bond donors (Lipinski definition) is 1. The second-order valence-corrected chi connectivity index (χ2v) is 7.69. The second-order valence-electron chi connectivity index (χ2n) is 7.69. The molecule has 2 amide bonds. The van der Waals surface area contributed by atoms with Crippen LogP contribution in [0.5, 0.6) is 0 Å². The number of cyclic esters (lactones) is 1. The molecule has 0 saturated carbocycles. The predicted octanol–water partition coefficient (Wildman–Crippen LogP) is 4.20. The standard InChI is InChI=1S/C24H21N3O3.ClH/c1-15(28)26-13-21-14-27(24(29)30-21)20-5-7-23-19(11-20)10-18-9-16(4-6-22(18)23)17-3-2-8-25-12-17;/h2-9,11-12,21H,10,13-14H2,1H3,(H,26,28);1H/t21-;/m0./s1. The third-order valence-corrected chi connectivity index (χ3v) is 5.62. The van der Waals surface area contributed by atoms with E-state index in [2.05, 4.69) is 46.7 Å². The average Bonchev–Trinajstić information content (AvgIpc) is 3.31. The maximum Gasteiger partial charge on any atom is 0.414 e. The van der Waals surface area contributed by atoms with Crippen molar-refractivity contribution in [1.29, 1.82) is 0 Å². The Balaban J connectivity index is 0.00000231. The van der Waals surface area contributed by atoms with Gasteiger partial charge in [0.2, 0.25) is 5.91 Å². The van der Waals surface area contributed by atoms with Crippen molar-refractivity contribution in [3.05, 3.63) is 72.1 Å². The fraction of sp³-hybridized carbons (Fsp3) is 0.208. The van der Waals surface area contributed by atoms with Gasteiger partial charge in [0.1, 0.15) is 6.10 Å². The summed E-state index contributed by atoms with van der Waals surface area (Å²) >= 11 is 0. The third-order valence-electron chi connectivity index (χ3n) is 5.62. The van der Waals surface area contributed by atoms with E-state index in [0.717, 1.165) is 23.2 Å². The lowest BCUT2D eigenvalue weighted by Gasteiger charge is -2.14. The Morgan fingerprint density at radius 1 is 1.13 bits per heavy atom.